The summed E-state index contributed by atoms with van der Waals surface area (Å²) in [6, 6.07) is 5.01. The molecule has 1 saturated heterocycles. The predicted molar refractivity (Wildman–Crippen MR) is 84.7 cm³/mol. The molecule has 114 valence electrons. The Hall–Kier alpha value is -0.900. The van der Waals surface area contributed by atoms with E-state index < -0.39 is 5.82 Å². The van der Waals surface area contributed by atoms with Crippen molar-refractivity contribution in [1.29, 1.82) is 0 Å². The van der Waals surface area contributed by atoms with Gasteiger partial charge in [0.15, 0.2) is 0 Å². The summed E-state index contributed by atoms with van der Waals surface area (Å²) in [6.45, 7) is 3.06. The molecule has 1 saturated carbocycles. The Labute approximate surface area is 133 Å². The lowest BCUT2D eigenvalue weighted by atomic mass is 9.72. The fourth-order valence-electron chi connectivity index (χ4n) is 3.98. The summed E-state index contributed by atoms with van der Waals surface area (Å²) in [5, 5.41) is 0. The third kappa shape index (κ3) is 2.87. The zero-order chi connectivity index (χ0) is 15.0. The van der Waals surface area contributed by atoms with E-state index in [2.05, 4.69) is 22.9 Å². The Balaban J connectivity index is 1.86. The van der Waals surface area contributed by atoms with Crippen LogP contribution in [-0.4, -0.2) is 23.4 Å². The van der Waals surface area contributed by atoms with Crippen molar-refractivity contribution in [1.82, 2.24) is 4.90 Å². The van der Waals surface area contributed by atoms with Gasteiger partial charge in [0.05, 0.1) is 5.56 Å². The highest BCUT2D eigenvalue weighted by Gasteiger charge is 2.39. The Morgan fingerprint density at radius 3 is 2.81 bits per heavy atom. The van der Waals surface area contributed by atoms with Crippen molar-refractivity contribution in [3.05, 3.63) is 34.1 Å². The molecule has 1 aliphatic carbocycles. The van der Waals surface area contributed by atoms with Crippen molar-refractivity contribution in [2.45, 2.75) is 45.1 Å². The molecule has 0 aromatic heterocycles. The highest BCUT2D eigenvalue weighted by atomic mass is 79.9. The normalized spacial score (nSPS) is 29.1. The Morgan fingerprint density at radius 1 is 1.29 bits per heavy atom. The molecule has 0 spiro atoms. The fraction of sp³-hybridized carbons (Fsp3) is 0.588. The Bertz CT molecular complexity index is 548. The molecule has 1 aromatic carbocycles. The number of carbonyl (C=O) groups excluding carboxylic acids is 1. The minimum Gasteiger partial charge on any atom is -0.335 e. The van der Waals surface area contributed by atoms with Crippen molar-refractivity contribution < 1.29 is 9.18 Å². The highest BCUT2D eigenvalue weighted by molar-refractivity contribution is 9.10. The van der Waals surface area contributed by atoms with Gasteiger partial charge in [-0.2, -0.15) is 0 Å². The highest BCUT2D eigenvalue weighted by Crippen LogP contribution is 2.39. The van der Waals surface area contributed by atoms with E-state index in [1.807, 2.05) is 4.90 Å². The molecular weight excluding hydrogens is 333 g/mol. The van der Waals surface area contributed by atoms with Crippen LogP contribution in [0, 0.1) is 17.7 Å². The molecular formula is C17H21BrFNO. The summed E-state index contributed by atoms with van der Waals surface area (Å²) in [4.78, 5) is 14.7. The first-order valence-corrected chi connectivity index (χ1v) is 8.63. The standard InChI is InChI=1S/C17H21BrFNO/c1-11-8-9-20(16-5-3-2-4-13(11)16)17(21)14-7-6-12(18)10-15(14)19/h6-7,10-11,13,16H,2-5,8-9H2,1H3. The molecule has 4 heteroatoms. The van der Waals surface area contributed by atoms with E-state index in [1.54, 1.807) is 12.1 Å². The van der Waals surface area contributed by atoms with E-state index in [1.165, 1.54) is 25.3 Å². The molecule has 3 atom stereocenters. The molecule has 0 radical (unpaired) electrons. The summed E-state index contributed by atoms with van der Waals surface area (Å²) < 4.78 is 14.7. The topological polar surface area (TPSA) is 20.3 Å². The summed E-state index contributed by atoms with van der Waals surface area (Å²) >= 11 is 3.24. The van der Waals surface area contributed by atoms with Gasteiger partial charge in [-0.1, -0.05) is 35.7 Å². The van der Waals surface area contributed by atoms with Crippen LogP contribution in [0.1, 0.15) is 49.4 Å². The van der Waals surface area contributed by atoms with Gasteiger partial charge in [-0.05, 0) is 49.3 Å². The van der Waals surface area contributed by atoms with Crippen LogP contribution in [-0.2, 0) is 0 Å². The number of piperidine rings is 1. The van der Waals surface area contributed by atoms with Crippen LogP contribution in [0.5, 0.6) is 0 Å². The third-order valence-corrected chi connectivity index (χ3v) is 5.65. The van der Waals surface area contributed by atoms with Crippen molar-refractivity contribution in [3.8, 4) is 0 Å². The molecule has 2 nitrogen and oxygen atoms in total. The second kappa shape index (κ2) is 6.07. The van der Waals surface area contributed by atoms with E-state index in [9.17, 15) is 9.18 Å². The number of likely N-dealkylation sites (tertiary alicyclic amines) is 1. The maximum absolute atomic E-state index is 14.1. The van der Waals surface area contributed by atoms with Gasteiger partial charge in [-0.15, -0.1) is 0 Å². The number of hydrogen-bond donors (Lipinski definition) is 0. The van der Waals surface area contributed by atoms with Crippen molar-refractivity contribution >= 4 is 21.8 Å². The quantitative estimate of drug-likeness (QED) is 0.720. The zero-order valence-corrected chi connectivity index (χ0v) is 13.9. The first kappa shape index (κ1) is 15.0. The molecule has 1 amide bonds. The first-order valence-electron chi connectivity index (χ1n) is 7.84. The van der Waals surface area contributed by atoms with Crippen LogP contribution in [0.3, 0.4) is 0 Å². The number of rotatable bonds is 1. The molecule has 2 aliphatic rings. The maximum Gasteiger partial charge on any atom is 0.257 e. The average Bonchev–Trinajstić information content (AvgIpc) is 2.47. The predicted octanol–water partition coefficient (Wildman–Crippen LogP) is 4.63. The van der Waals surface area contributed by atoms with Gasteiger partial charge in [-0.25, -0.2) is 4.39 Å². The Kier molecular flexibility index (Phi) is 4.34. The van der Waals surface area contributed by atoms with Crippen LogP contribution < -0.4 is 0 Å². The summed E-state index contributed by atoms with van der Waals surface area (Å²) in [6.07, 6.45) is 5.75. The number of amides is 1. The molecule has 21 heavy (non-hydrogen) atoms. The van der Waals surface area contributed by atoms with Gasteiger partial charge in [-0.3, -0.25) is 4.79 Å². The van der Waals surface area contributed by atoms with Crippen molar-refractivity contribution in [2.24, 2.45) is 11.8 Å². The molecule has 2 fully saturated rings. The van der Waals surface area contributed by atoms with E-state index >= 15 is 0 Å². The monoisotopic (exact) mass is 353 g/mol. The van der Waals surface area contributed by atoms with Crippen LogP contribution in [0.15, 0.2) is 22.7 Å². The zero-order valence-electron chi connectivity index (χ0n) is 12.3. The molecule has 1 heterocycles. The number of halogens is 2. The average molecular weight is 354 g/mol. The van der Waals surface area contributed by atoms with Crippen LogP contribution in [0.25, 0.3) is 0 Å². The first-order chi connectivity index (χ1) is 10.1. The van der Waals surface area contributed by atoms with E-state index in [0.29, 0.717) is 22.4 Å². The van der Waals surface area contributed by atoms with Crippen LogP contribution in [0.4, 0.5) is 4.39 Å². The number of benzene rings is 1. The largest absolute Gasteiger partial charge is 0.335 e. The van der Waals surface area contributed by atoms with Gasteiger partial charge in [0.1, 0.15) is 5.82 Å². The number of nitrogens with zero attached hydrogens (tertiary/aromatic N) is 1. The molecule has 3 unspecified atom stereocenters. The summed E-state index contributed by atoms with van der Waals surface area (Å²) in [7, 11) is 0. The number of hydrogen-bond acceptors (Lipinski definition) is 1. The van der Waals surface area contributed by atoms with Gasteiger partial charge in [0.2, 0.25) is 0 Å². The number of carbonyl (C=O) groups is 1. The summed E-state index contributed by atoms with van der Waals surface area (Å²) in [5.41, 5.74) is 0.206. The van der Waals surface area contributed by atoms with Gasteiger partial charge in [0.25, 0.3) is 5.91 Å². The maximum atomic E-state index is 14.1. The SMILES string of the molecule is CC1CCN(C(=O)c2ccc(Br)cc2F)C2CCCCC12. The lowest BCUT2D eigenvalue weighted by Crippen LogP contribution is -2.52. The van der Waals surface area contributed by atoms with Crippen LogP contribution in [0.2, 0.25) is 0 Å². The van der Waals surface area contributed by atoms with Crippen molar-refractivity contribution in [3.63, 3.8) is 0 Å². The Morgan fingerprint density at radius 2 is 2.05 bits per heavy atom. The third-order valence-electron chi connectivity index (χ3n) is 5.16. The molecule has 3 rings (SSSR count). The lowest BCUT2D eigenvalue weighted by molar-refractivity contribution is 0.0214. The summed E-state index contributed by atoms with van der Waals surface area (Å²) in [5.74, 6) is 0.702. The minimum atomic E-state index is -0.430. The number of fused-ring (bicyclic) bond motifs is 1. The second-order valence-corrected chi connectivity index (χ2v) is 7.32. The van der Waals surface area contributed by atoms with Crippen molar-refractivity contribution in [2.75, 3.05) is 6.54 Å². The molecule has 1 aromatic rings. The smallest absolute Gasteiger partial charge is 0.257 e. The van der Waals surface area contributed by atoms with E-state index in [4.69, 9.17) is 0 Å². The van der Waals surface area contributed by atoms with E-state index in [-0.39, 0.29) is 11.5 Å². The van der Waals surface area contributed by atoms with Gasteiger partial charge >= 0.3 is 0 Å². The fourth-order valence-corrected chi connectivity index (χ4v) is 4.32. The molecule has 0 N–H and O–H groups in total. The molecule has 1 aliphatic heterocycles. The van der Waals surface area contributed by atoms with Crippen LogP contribution >= 0.6 is 15.9 Å². The van der Waals surface area contributed by atoms with Gasteiger partial charge in [0, 0.05) is 17.1 Å². The minimum absolute atomic E-state index is 0.135. The van der Waals surface area contributed by atoms with E-state index in [0.717, 1.165) is 19.4 Å². The second-order valence-electron chi connectivity index (χ2n) is 6.40. The van der Waals surface area contributed by atoms with Gasteiger partial charge < -0.3 is 4.90 Å². The molecule has 0 bridgehead atoms. The lowest BCUT2D eigenvalue weighted by Gasteiger charge is -2.47.